The highest BCUT2D eigenvalue weighted by Gasteiger charge is 2.55. The highest BCUT2D eigenvalue weighted by molar-refractivity contribution is 7.93. The topological polar surface area (TPSA) is 76.1 Å². The summed E-state index contributed by atoms with van der Waals surface area (Å²) in [6.07, 6.45) is 2.98. The van der Waals surface area contributed by atoms with Gasteiger partial charge in [-0.2, -0.15) is 0 Å². The molecule has 2 aromatic rings. The average Bonchev–Trinajstić information content (AvgIpc) is 2.46. The summed E-state index contributed by atoms with van der Waals surface area (Å²) >= 11 is 0. The van der Waals surface area contributed by atoms with Crippen LogP contribution in [0.5, 0.6) is 0 Å². The van der Waals surface area contributed by atoms with Crippen LogP contribution in [-0.2, 0) is 14.6 Å². The van der Waals surface area contributed by atoms with E-state index in [9.17, 15) is 13.2 Å². The molecule has 1 saturated carbocycles. The van der Waals surface area contributed by atoms with Crippen molar-refractivity contribution in [3.05, 3.63) is 53.7 Å². The van der Waals surface area contributed by atoms with Gasteiger partial charge in [-0.1, -0.05) is 17.7 Å². The molecule has 0 radical (unpaired) electrons. The van der Waals surface area contributed by atoms with Crippen LogP contribution >= 0.6 is 0 Å². The molecule has 6 heteroatoms. The minimum atomic E-state index is -3.75. The van der Waals surface area contributed by atoms with Crippen LogP contribution in [0.15, 0.2) is 47.5 Å². The maximum Gasteiger partial charge on any atom is 0.247 e. The van der Waals surface area contributed by atoms with Gasteiger partial charge in [0, 0.05) is 6.20 Å². The molecule has 1 fully saturated rings. The number of nitrogens with one attached hydrogen (secondary N) is 1. The number of nitrogens with zero attached hydrogens (tertiary/aromatic N) is 1. The van der Waals surface area contributed by atoms with Gasteiger partial charge in [0.25, 0.3) is 0 Å². The zero-order valence-electron chi connectivity index (χ0n) is 13.7. The second-order valence-corrected chi connectivity index (χ2v) is 8.60. The van der Waals surface area contributed by atoms with Crippen molar-refractivity contribution in [1.82, 2.24) is 4.98 Å². The number of rotatable bonds is 4. The van der Waals surface area contributed by atoms with E-state index in [-0.39, 0.29) is 4.90 Å². The molecule has 0 aliphatic heterocycles. The van der Waals surface area contributed by atoms with Gasteiger partial charge in [-0.3, -0.25) is 4.79 Å². The molecule has 24 heavy (non-hydrogen) atoms. The van der Waals surface area contributed by atoms with Crippen molar-refractivity contribution in [2.45, 2.75) is 42.8 Å². The third-order valence-electron chi connectivity index (χ3n) is 4.58. The molecule has 0 spiro atoms. The smallest absolute Gasteiger partial charge is 0.247 e. The molecular weight excluding hydrogens is 324 g/mol. The number of hydrogen-bond acceptors (Lipinski definition) is 4. The highest BCUT2D eigenvalue weighted by atomic mass is 32.2. The molecule has 1 N–H and O–H groups in total. The molecular formula is C18H20N2O3S. The number of sulfone groups is 1. The predicted molar refractivity (Wildman–Crippen MR) is 92.6 cm³/mol. The summed E-state index contributed by atoms with van der Waals surface area (Å²) in [5.41, 5.74) is 1.93. The van der Waals surface area contributed by atoms with Crippen LogP contribution in [-0.4, -0.2) is 24.1 Å². The summed E-state index contributed by atoms with van der Waals surface area (Å²) < 4.78 is 24.7. The summed E-state index contributed by atoms with van der Waals surface area (Å²) in [4.78, 5) is 17.1. The first-order valence-corrected chi connectivity index (χ1v) is 9.39. The summed E-state index contributed by atoms with van der Waals surface area (Å²) in [7, 11) is -3.75. The van der Waals surface area contributed by atoms with E-state index in [1.54, 1.807) is 36.5 Å². The van der Waals surface area contributed by atoms with Crippen LogP contribution in [0.25, 0.3) is 0 Å². The van der Waals surface area contributed by atoms with E-state index in [0.29, 0.717) is 18.7 Å². The normalized spacial score (nSPS) is 16.2. The maximum absolute atomic E-state index is 13.1. The number of carbonyl (C=O) groups excluding carboxylic acids is 1. The van der Waals surface area contributed by atoms with Crippen LogP contribution in [0.2, 0.25) is 0 Å². The Labute approximate surface area is 142 Å². The van der Waals surface area contributed by atoms with E-state index in [0.717, 1.165) is 17.5 Å². The van der Waals surface area contributed by atoms with Crippen LogP contribution in [0, 0.1) is 13.8 Å². The third kappa shape index (κ3) is 2.71. The van der Waals surface area contributed by atoms with Crippen molar-refractivity contribution >= 4 is 21.6 Å². The molecule has 0 unspecified atom stereocenters. The lowest BCUT2D eigenvalue weighted by Crippen LogP contribution is -2.54. The van der Waals surface area contributed by atoms with Crippen molar-refractivity contribution in [3.8, 4) is 0 Å². The van der Waals surface area contributed by atoms with Crippen LogP contribution in [0.4, 0.5) is 5.82 Å². The Balaban J connectivity index is 1.93. The molecule has 1 heterocycles. The van der Waals surface area contributed by atoms with Crippen molar-refractivity contribution in [1.29, 1.82) is 0 Å². The lowest BCUT2D eigenvalue weighted by atomic mass is 9.83. The van der Waals surface area contributed by atoms with E-state index in [4.69, 9.17) is 0 Å². The van der Waals surface area contributed by atoms with Gasteiger partial charge < -0.3 is 5.32 Å². The molecule has 1 aromatic carbocycles. The fourth-order valence-electron chi connectivity index (χ4n) is 2.89. The second kappa shape index (κ2) is 6.02. The first-order valence-electron chi connectivity index (χ1n) is 7.91. The Morgan fingerprint density at radius 2 is 1.75 bits per heavy atom. The number of pyridine rings is 1. The number of aryl methyl sites for hydroxylation is 2. The monoisotopic (exact) mass is 344 g/mol. The van der Waals surface area contributed by atoms with Crippen molar-refractivity contribution in [3.63, 3.8) is 0 Å². The second-order valence-electron chi connectivity index (χ2n) is 6.34. The minimum absolute atomic E-state index is 0.195. The predicted octanol–water partition coefficient (Wildman–Crippen LogP) is 3.03. The Morgan fingerprint density at radius 1 is 1.08 bits per heavy atom. The van der Waals surface area contributed by atoms with E-state index in [1.807, 2.05) is 19.9 Å². The fourth-order valence-corrected chi connectivity index (χ4v) is 4.96. The molecule has 3 rings (SSSR count). The zero-order valence-corrected chi connectivity index (χ0v) is 14.6. The van der Waals surface area contributed by atoms with Crippen molar-refractivity contribution < 1.29 is 13.2 Å². The van der Waals surface area contributed by atoms with Gasteiger partial charge in [-0.15, -0.1) is 0 Å². The SMILES string of the molecule is Cc1ccc(S(=O)(=O)C2(C(=O)Nc3cc(C)ccn3)CCC2)cc1. The van der Waals surface area contributed by atoms with Crippen LogP contribution < -0.4 is 5.32 Å². The Hall–Kier alpha value is -2.21. The zero-order chi connectivity index (χ0) is 17.4. The number of amides is 1. The number of aromatic nitrogens is 1. The van der Waals surface area contributed by atoms with Gasteiger partial charge in [-0.05, 0) is 62.9 Å². The number of carbonyl (C=O) groups is 1. The van der Waals surface area contributed by atoms with E-state index in [1.165, 1.54) is 0 Å². The summed E-state index contributed by atoms with van der Waals surface area (Å²) in [6, 6.07) is 10.2. The van der Waals surface area contributed by atoms with E-state index in [2.05, 4.69) is 10.3 Å². The number of benzene rings is 1. The van der Waals surface area contributed by atoms with E-state index >= 15 is 0 Å². The molecule has 1 aromatic heterocycles. The first kappa shape index (κ1) is 16.6. The molecule has 5 nitrogen and oxygen atoms in total. The molecule has 1 aliphatic carbocycles. The Bertz CT molecular complexity index is 869. The lowest BCUT2D eigenvalue weighted by Gasteiger charge is -2.39. The van der Waals surface area contributed by atoms with Gasteiger partial charge >= 0.3 is 0 Å². The Morgan fingerprint density at radius 3 is 2.29 bits per heavy atom. The summed E-state index contributed by atoms with van der Waals surface area (Å²) in [5.74, 6) is -0.113. The molecule has 126 valence electrons. The number of hydrogen-bond donors (Lipinski definition) is 1. The van der Waals surface area contributed by atoms with Crippen molar-refractivity contribution in [2.24, 2.45) is 0 Å². The summed E-state index contributed by atoms with van der Waals surface area (Å²) in [5, 5.41) is 2.68. The molecule has 0 atom stereocenters. The van der Waals surface area contributed by atoms with E-state index < -0.39 is 20.5 Å². The van der Waals surface area contributed by atoms with Crippen LogP contribution in [0.1, 0.15) is 30.4 Å². The first-order chi connectivity index (χ1) is 11.3. The highest BCUT2D eigenvalue weighted by Crippen LogP contribution is 2.43. The summed E-state index contributed by atoms with van der Waals surface area (Å²) in [6.45, 7) is 3.78. The van der Waals surface area contributed by atoms with Crippen molar-refractivity contribution in [2.75, 3.05) is 5.32 Å². The van der Waals surface area contributed by atoms with Gasteiger partial charge in [0.05, 0.1) is 4.90 Å². The van der Waals surface area contributed by atoms with Gasteiger partial charge in [0.15, 0.2) is 14.6 Å². The lowest BCUT2D eigenvalue weighted by molar-refractivity contribution is -0.120. The molecule has 0 bridgehead atoms. The number of anilines is 1. The average molecular weight is 344 g/mol. The van der Waals surface area contributed by atoms with Gasteiger partial charge in [-0.25, -0.2) is 13.4 Å². The molecule has 1 amide bonds. The molecule has 1 aliphatic rings. The third-order valence-corrected chi connectivity index (χ3v) is 7.09. The fraction of sp³-hybridized carbons (Fsp3) is 0.333. The minimum Gasteiger partial charge on any atom is -0.309 e. The van der Waals surface area contributed by atoms with Gasteiger partial charge in [0.1, 0.15) is 5.82 Å². The largest absolute Gasteiger partial charge is 0.309 e. The quantitative estimate of drug-likeness (QED) is 0.925. The Kier molecular flexibility index (Phi) is 4.17. The standard InChI is InChI=1S/C18H20N2O3S/c1-13-4-6-15(7-5-13)24(22,23)18(9-3-10-18)17(21)20-16-12-14(2)8-11-19-16/h4-8,11-12H,3,9-10H2,1-2H3,(H,19,20,21). The maximum atomic E-state index is 13.1. The molecule has 0 saturated heterocycles. The van der Waals surface area contributed by atoms with Gasteiger partial charge in [0.2, 0.25) is 5.91 Å². The van der Waals surface area contributed by atoms with Crippen LogP contribution in [0.3, 0.4) is 0 Å².